The first-order chi connectivity index (χ1) is 17.3. The van der Waals surface area contributed by atoms with E-state index in [-0.39, 0.29) is 11.6 Å². The van der Waals surface area contributed by atoms with Gasteiger partial charge in [0.15, 0.2) is 5.82 Å². The number of para-hydroxylation sites is 1. The molecule has 0 spiro atoms. The molecule has 0 radical (unpaired) electrons. The van der Waals surface area contributed by atoms with Gasteiger partial charge in [-0.25, -0.2) is 4.68 Å². The number of allylic oxidation sites excluding steroid dienone is 1. The average Bonchev–Trinajstić information content (AvgIpc) is 3.26. The van der Waals surface area contributed by atoms with Crippen LogP contribution in [0.15, 0.2) is 84.1 Å². The summed E-state index contributed by atoms with van der Waals surface area (Å²) in [7, 11) is 0. The monoisotopic (exact) mass is 520 g/mol. The van der Waals surface area contributed by atoms with Crippen LogP contribution in [0, 0.1) is 10.1 Å². The van der Waals surface area contributed by atoms with E-state index in [2.05, 4.69) is 20.7 Å². The predicted octanol–water partition coefficient (Wildman–Crippen LogP) is 6.09. The van der Waals surface area contributed by atoms with Crippen LogP contribution < -0.4 is 10.6 Å². The Morgan fingerprint density at radius 3 is 2.58 bits per heavy atom. The highest BCUT2D eigenvalue weighted by atomic mass is 35.5. The molecular weight excluding hydrogens is 503 g/mol. The summed E-state index contributed by atoms with van der Waals surface area (Å²) in [5.41, 5.74) is 2.44. The molecule has 1 aliphatic rings. The summed E-state index contributed by atoms with van der Waals surface area (Å²) in [5.74, 6) is 0.295. The summed E-state index contributed by atoms with van der Waals surface area (Å²) in [6.07, 6.45) is 0. The number of benzene rings is 3. The van der Waals surface area contributed by atoms with Gasteiger partial charge >= 0.3 is 0 Å². The Morgan fingerprint density at radius 1 is 1.08 bits per heavy atom. The number of nitrogens with zero attached hydrogens (tertiary/aromatic N) is 4. The normalized spacial score (nSPS) is 14.7. The summed E-state index contributed by atoms with van der Waals surface area (Å²) in [6.45, 7) is 1.75. The third kappa shape index (κ3) is 4.41. The summed E-state index contributed by atoms with van der Waals surface area (Å²) in [4.78, 5) is 29.1. The molecule has 9 nitrogen and oxygen atoms in total. The van der Waals surface area contributed by atoms with Gasteiger partial charge in [0.2, 0.25) is 5.95 Å². The first kappa shape index (κ1) is 23.5. The molecule has 0 fully saturated rings. The van der Waals surface area contributed by atoms with Crippen LogP contribution in [0.4, 0.5) is 17.3 Å². The number of halogens is 2. The Hall–Kier alpha value is -4.21. The lowest BCUT2D eigenvalue weighted by Gasteiger charge is -2.28. The number of hydrogen-bond donors (Lipinski definition) is 2. The fourth-order valence-corrected chi connectivity index (χ4v) is 4.56. The smallest absolute Gasteiger partial charge is 0.269 e. The second-order valence-corrected chi connectivity index (χ2v) is 8.91. The van der Waals surface area contributed by atoms with Crippen molar-refractivity contribution in [3.63, 3.8) is 0 Å². The van der Waals surface area contributed by atoms with E-state index in [0.717, 1.165) is 0 Å². The van der Waals surface area contributed by atoms with Crippen LogP contribution in [0.5, 0.6) is 0 Å². The van der Waals surface area contributed by atoms with Gasteiger partial charge in [-0.15, -0.1) is 5.10 Å². The number of nitrogens with one attached hydrogen (secondary N) is 2. The van der Waals surface area contributed by atoms with Gasteiger partial charge in [-0.2, -0.15) is 4.98 Å². The lowest BCUT2D eigenvalue weighted by Crippen LogP contribution is -2.31. The molecule has 2 N–H and O–H groups in total. The minimum Gasteiger partial charge on any atom is -0.328 e. The van der Waals surface area contributed by atoms with Gasteiger partial charge in [0.1, 0.15) is 6.04 Å². The number of amides is 1. The standard InChI is InChI=1S/C25H18Cl2N6O3/c1-14-21(24(34)29-17-7-3-2-4-8-17)22(15-6-5-9-18(12-15)33(35)36)32-25(28-14)30-23(31-32)19-11-10-16(26)13-20(19)27/h2-13,22H,1H3,(H,29,34)(H,28,30,31). The molecule has 0 saturated carbocycles. The quantitative estimate of drug-likeness (QED) is 0.243. The largest absolute Gasteiger partial charge is 0.328 e. The first-order valence-corrected chi connectivity index (χ1v) is 11.6. The van der Waals surface area contributed by atoms with E-state index < -0.39 is 11.0 Å². The summed E-state index contributed by atoms with van der Waals surface area (Å²) in [5, 5.41) is 23.0. The zero-order valence-electron chi connectivity index (χ0n) is 18.8. The van der Waals surface area contributed by atoms with Crippen molar-refractivity contribution in [1.82, 2.24) is 14.8 Å². The minimum absolute atomic E-state index is 0.103. The van der Waals surface area contributed by atoms with Crippen molar-refractivity contribution >= 4 is 46.4 Å². The van der Waals surface area contributed by atoms with Crippen molar-refractivity contribution in [3.05, 3.63) is 110 Å². The molecule has 1 aliphatic heterocycles. The highest BCUT2D eigenvalue weighted by molar-refractivity contribution is 6.36. The first-order valence-electron chi connectivity index (χ1n) is 10.8. The Kier molecular flexibility index (Phi) is 6.17. The van der Waals surface area contributed by atoms with Crippen molar-refractivity contribution < 1.29 is 9.72 Å². The molecule has 1 atom stereocenters. The third-order valence-corrected chi connectivity index (χ3v) is 6.25. The summed E-state index contributed by atoms with van der Waals surface area (Å²) in [6, 6.07) is 19.3. The molecule has 0 saturated heterocycles. The van der Waals surface area contributed by atoms with Crippen molar-refractivity contribution in [2.24, 2.45) is 0 Å². The number of fused-ring (bicyclic) bond motifs is 1. The molecule has 0 bridgehead atoms. The molecule has 0 aliphatic carbocycles. The van der Waals surface area contributed by atoms with Gasteiger partial charge < -0.3 is 10.6 Å². The van der Waals surface area contributed by atoms with Crippen molar-refractivity contribution in [2.75, 3.05) is 10.6 Å². The van der Waals surface area contributed by atoms with E-state index in [0.29, 0.717) is 49.9 Å². The van der Waals surface area contributed by atoms with Gasteiger partial charge in [0.25, 0.3) is 11.6 Å². The highest BCUT2D eigenvalue weighted by Crippen LogP contribution is 2.38. The molecule has 1 aromatic heterocycles. The zero-order chi connectivity index (χ0) is 25.4. The van der Waals surface area contributed by atoms with Crippen LogP contribution in [-0.2, 0) is 4.79 Å². The molecule has 1 unspecified atom stereocenters. The van der Waals surface area contributed by atoms with E-state index in [1.54, 1.807) is 49.4 Å². The van der Waals surface area contributed by atoms with Gasteiger partial charge in [0.05, 0.1) is 15.5 Å². The number of nitro groups is 1. The molecule has 2 heterocycles. The number of nitro benzene ring substituents is 1. The maximum atomic E-state index is 13.5. The van der Waals surface area contributed by atoms with Crippen molar-refractivity contribution in [3.8, 4) is 11.4 Å². The number of non-ortho nitro benzene ring substituents is 1. The van der Waals surface area contributed by atoms with E-state index in [9.17, 15) is 14.9 Å². The van der Waals surface area contributed by atoms with E-state index in [4.69, 9.17) is 23.2 Å². The molecule has 3 aromatic carbocycles. The van der Waals surface area contributed by atoms with E-state index in [1.807, 2.05) is 18.2 Å². The molecular formula is C25H18Cl2N6O3. The Balaban J connectivity index is 1.64. The number of hydrogen-bond acceptors (Lipinski definition) is 6. The van der Waals surface area contributed by atoms with E-state index in [1.165, 1.54) is 16.8 Å². The number of aromatic nitrogens is 3. The fraction of sp³-hybridized carbons (Fsp3) is 0.0800. The number of carbonyl (C=O) groups excluding carboxylic acids is 1. The van der Waals surface area contributed by atoms with E-state index >= 15 is 0 Å². The van der Waals surface area contributed by atoms with Gasteiger partial charge in [-0.05, 0) is 42.8 Å². The number of anilines is 2. The van der Waals surface area contributed by atoms with Crippen LogP contribution in [0.2, 0.25) is 10.0 Å². The second kappa shape index (κ2) is 9.44. The third-order valence-electron chi connectivity index (χ3n) is 5.70. The topological polar surface area (TPSA) is 115 Å². The zero-order valence-corrected chi connectivity index (χ0v) is 20.3. The van der Waals surface area contributed by atoms with Crippen LogP contribution in [-0.4, -0.2) is 25.6 Å². The molecule has 1 amide bonds. The SMILES string of the molecule is CC1=C(C(=O)Nc2ccccc2)C(c2cccc([N+](=O)[O-])c2)n2nc(-c3ccc(Cl)cc3Cl)nc2N1. The predicted molar refractivity (Wildman–Crippen MR) is 138 cm³/mol. The molecule has 11 heteroatoms. The fourth-order valence-electron chi connectivity index (χ4n) is 4.07. The minimum atomic E-state index is -0.794. The second-order valence-electron chi connectivity index (χ2n) is 8.07. The summed E-state index contributed by atoms with van der Waals surface area (Å²) < 4.78 is 1.53. The van der Waals surface area contributed by atoms with Crippen molar-refractivity contribution in [1.29, 1.82) is 0 Å². The Bertz CT molecular complexity index is 1530. The Morgan fingerprint density at radius 2 is 1.86 bits per heavy atom. The number of rotatable bonds is 5. The molecule has 36 heavy (non-hydrogen) atoms. The maximum Gasteiger partial charge on any atom is 0.269 e. The lowest BCUT2D eigenvalue weighted by molar-refractivity contribution is -0.384. The molecule has 5 rings (SSSR count). The maximum absolute atomic E-state index is 13.5. The van der Waals surface area contributed by atoms with Crippen LogP contribution >= 0.6 is 23.2 Å². The van der Waals surface area contributed by atoms with Crippen LogP contribution in [0.1, 0.15) is 18.5 Å². The highest BCUT2D eigenvalue weighted by Gasteiger charge is 2.35. The van der Waals surface area contributed by atoms with Crippen LogP contribution in [0.3, 0.4) is 0 Å². The van der Waals surface area contributed by atoms with Gasteiger partial charge in [-0.3, -0.25) is 14.9 Å². The average molecular weight is 521 g/mol. The van der Waals surface area contributed by atoms with Crippen LogP contribution in [0.25, 0.3) is 11.4 Å². The number of carbonyl (C=O) groups is 1. The van der Waals surface area contributed by atoms with Crippen molar-refractivity contribution in [2.45, 2.75) is 13.0 Å². The molecule has 180 valence electrons. The van der Waals surface area contributed by atoms with Gasteiger partial charge in [0, 0.05) is 34.1 Å². The Labute approximate surface area is 215 Å². The molecule has 4 aromatic rings. The van der Waals surface area contributed by atoms with Gasteiger partial charge in [-0.1, -0.05) is 53.5 Å². The summed E-state index contributed by atoms with van der Waals surface area (Å²) >= 11 is 12.4. The lowest BCUT2D eigenvalue weighted by atomic mass is 9.94.